The van der Waals surface area contributed by atoms with Gasteiger partial charge in [0.1, 0.15) is 11.6 Å². The highest BCUT2D eigenvalue weighted by molar-refractivity contribution is 7.22. The summed E-state index contributed by atoms with van der Waals surface area (Å²) < 4.78 is 19.5. The van der Waals surface area contributed by atoms with Crippen LogP contribution in [0.4, 0.5) is 9.52 Å². The third kappa shape index (κ3) is 4.56. The van der Waals surface area contributed by atoms with E-state index in [0.29, 0.717) is 24.0 Å². The normalized spacial score (nSPS) is 11.1. The smallest absolute Gasteiger partial charge is 0.266 e. The summed E-state index contributed by atoms with van der Waals surface area (Å²) in [5.74, 6) is -0.0717. The van der Waals surface area contributed by atoms with Crippen molar-refractivity contribution in [1.29, 1.82) is 0 Å². The maximum absolute atomic E-state index is 13.0. The molecule has 0 aliphatic rings. The number of fused-ring (bicyclic) bond motifs is 1. The van der Waals surface area contributed by atoms with Crippen molar-refractivity contribution < 1.29 is 13.9 Å². The lowest BCUT2D eigenvalue weighted by Gasteiger charge is -2.22. The highest BCUT2D eigenvalue weighted by Gasteiger charge is 2.20. The molecule has 0 fully saturated rings. The van der Waals surface area contributed by atoms with Crippen molar-refractivity contribution in [2.45, 2.75) is 0 Å². The lowest BCUT2D eigenvalue weighted by Crippen LogP contribution is -2.39. The highest BCUT2D eigenvalue weighted by Crippen LogP contribution is 2.28. The Morgan fingerprint density at radius 2 is 1.85 bits per heavy atom. The third-order valence-corrected chi connectivity index (χ3v) is 4.82. The van der Waals surface area contributed by atoms with Crippen LogP contribution >= 0.6 is 11.3 Å². The van der Waals surface area contributed by atoms with Gasteiger partial charge < -0.3 is 9.64 Å². The van der Waals surface area contributed by atoms with Gasteiger partial charge in [-0.15, -0.1) is 0 Å². The van der Waals surface area contributed by atoms with Crippen LogP contribution in [-0.2, 0) is 4.79 Å². The number of rotatable bonds is 7. The Balaban J connectivity index is 1.75. The number of amides is 1. The van der Waals surface area contributed by atoms with E-state index in [-0.39, 0.29) is 18.3 Å². The molecule has 136 valence electrons. The van der Waals surface area contributed by atoms with Gasteiger partial charge in [0.05, 0.1) is 10.2 Å². The zero-order valence-corrected chi connectivity index (χ0v) is 15.5. The monoisotopic (exact) mass is 373 g/mol. The average Bonchev–Trinajstić information content (AvgIpc) is 3.05. The summed E-state index contributed by atoms with van der Waals surface area (Å²) in [6, 6.07) is 13.4. The van der Waals surface area contributed by atoms with E-state index in [1.165, 1.54) is 35.6 Å². The summed E-state index contributed by atoms with van der Waals surface area (Å²) in [5, 5.41) is 0.653. The second-order valence-electron chi connectivity index (χ2n) is 6.06. The summed E-state index contributed by atoms with van der Waals surface area (Å²) in [7, 11) is 3.91. The second-order valence-corrected chi connectivity index (χ2v) is 7.06. The van der Waals surface area contributed by atoms with Gasteiger partial charge in [0.2, 0.25) is 0 Å². The minimum absolute atomic E-state index is 0.130. The van der Waals surface area contributed by atoms with Gasteiger partial charge in [0.25, 0.3) is 5.91 Å². The van der Waals surface area contributed by atoms with Gasteiger partial charge in [-0.05, 0) is 50.5 Å². The topological polar surface area (TPSA) is 45.7 Å². The van der Waals surface area contributed by atoms with Crippen LogP contribution in [0, 0.1) is 5.82 Å². The summed E-state index contributed by atoms with van der Waals surface area (Å²) in [6.45, 7) is 1.09. The molecule has 3 aromatic rings. The molecule has 0 unspecified atom stereocenters. The molecule has 0 aliphatic carbocycles. The Morgan fingerprint density at radius 1 is 1.12 bits per heavy atom. The molecule has 5 nitrogen and oxygen atoms in total. The van der Waals surface area contributed by atoms with E-state index in [2.05, 4.69) is 4.98 Å². The van der Waals surface area contributed by atoms with Gasteiger partial charge in [-0.3, -0.25) is 9.69 Å². The Kier molecular flexibility index (Phi) is 5.80. The zero-order chi connectivity index (χ0) is 18.5. The van der Waals surface area contributed by atoms with Crippen molar-refractivity contribution in [2.75, 3.05) is 38.7 Å². The van der Waals surface area contributed by atoms with Crippen LogP contribution in [0.15, 0.2) is 48.5 Å². The second kappa shape index (κ2) is 8.25. The molecule has 0 aliphatic heterocycles. The van der Waals surface area contributed by atoms with E-state index < -0.39 is 0 Å². The number of carbonyl (C=O) groups excluding carboxylic acids is 1. The Morgan fingerprint density at radius 3 is 2.54 bits per heavy atom. The van der Waals surface area contributed by atoms with Crippen molar-refractivity contribution in [3.8, 4) is 5.75 Å². The molecule has 0 spiro atoms. The number of ether oxygens (including phenoxy) is 1. The van der Waals surface area contributed by atoms with Crippen LogP contribution in [-0.4, -0.2) is 49.6 Å². The van der Waals surface area contributed by atoms with Gasteiger partial charge in [0, 0.05) is 13.1 Å². The van der Waals surface area contributed by atoms with Crippen molar-refractivity contribution >= 4 is 32.6 Å². The number of carbonyl (C=O) groups is 1. The molecule has 1 amide bonds. The summed E-state index contributed by atoms with van der Waals surface area (Å²) in [5.41, 5.74) is 0.870. The average molecular weight is 373 g/mol. The first-order valence-corrected chi connectivity index (χ1v) is 9.03. The fraction of sp³-hybridized carbons (Fsp3) is 0.263. The molecule has 0 N–H and O–H groups in total. The van der Waals surface area contributed by atoms with E-state index in [0.717, 1.165) is 10.2 Å². The van der Waals surface area contributed by atoms with Crippen LogP contribution in [0.5, 0.6) is 5.75 Å². The van der Waals surface area contributed by atoms with Crippen molar-refractivity contribution in [3.05, 3.63) is 54.3 Å². The number of benzene rings is 2. The quantitative estimate of drug-likeness (QED) is 0.637. The summed E-state index contributed by atoms with van der Waals surface area (Å²) in [4.78, 5) is 21.0. The number of halogens is 1. The molecular weight excluding hydrogens is 353 g/mol. The maximum atomic E-state index is 13.0. The van der Waals surface area contributed by atoms with Crippen molar-refractivity contribution in [1.82, 2.24) is 9.88 Å². The number of aromatic nitrogens is 1. The van der Waals surface area contributed by atoms with Gasteiger partial charge in [0.15, 0.2) is 11.7 Å². The molecule has 0 bridgehead atoms. The van der Waals surface area contributed by atoms with Gasteiger partial charge in [-0.25, -0.2) is 9.37 Å². The Labute approximate surface area is 155 Å². The fourth-order valence-electron chi connectivity index (χ4n) is 2.36. The lowest BCUT2D eigenvalue weighted by atomic mass is 10.3. The molecule has 26 heavy (non-hydrogen) atoms. The van der Waals surface area contributed by atoms with Crippen LogP contribution in [0.25, 0.3) is 10.2 Å². The van der Waals surface area contributed by atoms with Gasteiger partial charge in [-0.2, -0.15) is 0 Å². The number of anilines is 1. The maximum Gasteiger partial charge on any atom is 0.266 e. The largest absolute Gasteiger partial charge is 0.484 e. The van der Waals surface area contributed by atoms with Crippen molar-refractivity contribution in [2.24, 2.45) is 0 Å². The molecule has 2 aromatic carbocycles. The number of nitrogens with zero attached hydrogens (tertiary/aromatic N) is 3. The number of hydrogen-bond donors (Lipinski definition) is 0. The number of thiazole rings is 1. The van der Waals surface area contributed by atoms with Crippen molar-refractivity contribution in [3.63, 3.8) is 0 Å². The molecule has 3 rings (SSSR count). The number of para-hydroxylation sites is 1. The number of likely N-dealkylation sites (N-methyl/N-ethyl adjacent to an activating group) is 1. The first-order chi connectivity index (χ1) is 12.5. The van der Waals surface area contributed by atoms with Crippen LogP contribution in [0.2, 0.25) is 0 Å². The Hall–Kier alpha value is -2.51. The van der Waals surface area contributed by atoms with Crippen LogP contribution in [0.3, 0.4) is 0 Å². The first-order valence-electron chi connectivity index (χ1n) is 8.22. The molecule has 0 radical (unpaired) electrons. The summed E-state index contributed by atoms with van der Waals surface area (Å²) in [6.07, 6.45) is 0. The fourth-order valence-corrected chi connectivity index (χ4v) is 3.37. The molecule has 7 heteroatoms. The van der Waals surface area contributed by atoms with E-state index in [1.807, 2.05) is 43.3 Å². The first kappa shape index (κ1) is 18.3. The molecule has 1 aromatic heterocycles. The minimum atomic E-state index is -0.342. The number of hydrogen-bond acceptors (Lipinski definition) is 5. The van der Waals surface area contributed by atoms with Crippen LogP contribution in [0.1, 0.15) is 0 Å². The van der Waals surface area contributed by atoms with Crippen LogP contribution < -0.4 is 9.64 Å². The molecule has 0 saturated carbocycles. The minimum Gasteiger partial charge on any atom is -0.484 e. The van der Waals surface area contributed by atoms with E-state index in [4.69, 9.17) is 4.74 Å². The molecule has 0 atom stereocenters. The van der Waals surface area contributed by atoms with E-state index in [9.17, 15) is 9.18 Å². The predicted octanol–water partition coefficient (Wildman–Crippen LogP) is 3.41. The van der Waals surface area contributed by atoms with Gasteiger partial charge in [-0.1, -0.05) is 23.5 Å². The third-order valence-electron chi connectivity index (χ3n) is 3.76. The van der Waals surface area contributed by atoms with E-state index >= 15 is 0 Å². The SMILES string of the molecule is CN(C)CCN(C(=O)COc1ccc(F)cc1)c1nc2ccccc2s1. The molecular formula is C19H20FN3O2S. The molecule has 0 saturated heterocycles. The van der Waals surface area contributed by atoms with E-state index in [1.54, 1.807) is 4.90 Å². The highest BCUT2D eigenvalue weighted by atomic mass is 32.1. The Bertz CT molecular complexity index is 847. The standard InChI is InChI=1S/C19H20FN3O2S/c1-22(2)11-12-23(19-21-16-5-3-4-6-17(16)26-19)18(24)13-25-15-9-7-14(20)8-10-15/h3-10H,11-13H2,1-2H3. The predicted molar refractivity (Wildman–Crippen MR) is 102 cm³/mol. The molecule has 1 heterocycles. The van der Waals surface area contributed by atoms with Gasteiger partial charge >= 0.3 is 0 Å². The lowest BCUT2D eigenvalue weighted by molar-refractivity contribution is -0.120. The zero-order valence-electron chi connectivity index (χ0n) is 14.7. The summed E-state index contributed by atoms with van der Waals surface area (Å²) >= 11 is 1.48.